The molecule has 2 bridgehead atoms. The molecule has 2 unspecified atom stereocenters. The fourth-order valence-corrected chi connectivity index (χ4v) is 4.93. The molecule has 1 amide bonds. The number of pyridine rings is 1. The van der Waals surface area contributed by atoms with Gasteiger partial charge in [0.15, 0.2) is 0 Å². The molecule has 3 fully saturated rings. The molecule has 1 aromatic heterocycles. The average Bonchev–Trinajstić information content (AvgIpc) is 2.63. The van der Waals surface area contributed by atoms with Crippen LogP contribution in [-0.4, -0.2) is 55.1 Å². The number of nitrogens with zero attached hydrogens (tertiary/aromatic N) is 3. The molecule has 0 radical (unpaired) electrons. The normalized spacial score (nSPS) is 31.1. The molecule has 3 N–H and O–H groups in total. The number of amides is 1. The van der Waals surface area contributed by atoms with E-state index in [9.17, 15) is 4.79 Å². The van der Waals surface area contributed by atoms with Gasteiger partial charge in [-0.15, -0.1) is 12.4 Å². The van der Waals surface area contributed by atoms with Crippen molar-refractivity contribution in [3.8, 4) is 0 Å². The Morgan fingerprint density at radius 2 is 1.81 bits per heavy atom. The van der Waals surface area contributed by atoms with Crippen LogP contribution in [0, 0.1) is 17.8 Å². The second-order valence-electron chi connectivity index (χ2n) is 8.38. The number of nitrogens with two attached hydrogens (primary N) is 1. The number of likely N-dealkylation sites (N-methyl/N-ethyl adjacent to an activating group) is 1. The molecule has 1 saturated heterocycles. The van der Waals surface area contributed by atoms with Crippen molar-refractivity contribution >= 4 is 29.8 Å². The highest BCUT2D eigenvalue weighted by Crippen LogP contribution is 2.42. The zero-order chi connectivity index (χ0) is 18.1. The van der Waals surface area contributed by atoms with Crippen molar-refractivity contribution in [2.45, 2.75) is 38.1 Å². The average molecular weight is 394 g/mol. The van der Waals surface area contributed by atoms with Gasteiger partial charge in [0.05, 0.1) is 11.9 Å². The number of hydrogen-bond donors (Lipinski definition) is 2. The molecule has 1 aromatic rings. The Hall–Kier alpha value is -1.37. The minimum atomic E-state index is 0. The third-order valence-corrected chi connectivity index (χ3v) is 6.63. The molecule has 0 aromatic carbocycles. The second-order valence-corrected chi connectivity index (χ2v) is 8.38. The number of piperazine rings is 1. The van der Waals surface area contributed by atoms with Gasteiger partial charge in [-0.3, -0.25) is 4.79 Å². The van der Waals surface area contributed by atoms with E-state index in [4.69, 9.17) is 5.73 Å². The van der Waals surface area contributed by atoms with E-state index in [0.717, 1.165) is 50.5 Å². The lowest BCUT2D eigenvalue weighted by Gasteiger charge is -2.43. The van der Waals surface area contributed by atoms with Crippen LogP contribution in [0.1, 0.15) is 32.1 Å². The van der Waals surface area contributed by atoms with Crippen LogP contribution in [0.4, 0.5) is 11.5 Å². The van der Waals surface area contributed by atoms with Crippen LogP contribution in [0.3, 0.4) is 0 Å². The lowest BCUT2D eigenvalue weighted by molar-refractivity contribution is -0.122. The molecule has 2 atom stereocenters. The van der Waals surface area contributed by atoms with E-state index in [1.54, 1.807) is 6.20 Å². The molecule has 2 aliphatic carbocycles. The van der Waals surface area contributed by atoms with E-state index in [1.165, 1.54) is 19.3 Å². The standard InChI is InChI=1S/C20H31N5O.ClH/c1-24-7-9-25(10-8-24)18-6-5-17(13-22-18)23-20(26)16-11-14-3-2-4-15(12-16)19(14)21;/h5-6,13-16,19H,2-4,7-12,21H2,1H3,(H,23,26);1H. The molecule has 2 heterocycles. The number of aromatic nitrogens is 1. The number of rotatable bonds is 3. The fraction of sp³-hybridized carbons (Fsp3) is 0.700. The van der Waals surface area contributed by atoms with Gasteiger partial charge in [0.1, 0.15) is 5.82 Å². The number of halogens is 1. The Kier molecular flexibility index (Phi) is 6.61. The fourth-order valence-electron chi connectivity index (χ4n) is 4.93. The summed E-state index contributed by atoms with van der Waals surface area (Å²) in [5.41, 5.74) is 7.14. The number of carbonyl (C=O) groups is 1. The molecule has 27 heavy (non-hydrogen) atoms. The molecule has 1 aliphatic heterocycles. The van der Waals surface area contributed by atoms with Gasteiger partial charge in [0.25, 0.3) is 0 Å². The number of carbonyl (C=O) groups excluding carboxylic acids is 1. The van der Waals surface area contributed by atoms with Gasteiger partial charge in [-0.05, 0) is 56.7 Å². The first-order valence-corrected chi connectivity index (χ1v) is 10.1. The molecule has 6 nitrogen and oxygen atoms in total. The smallest absolute Gasteiger partial charge is 0.227 e. The van der Waals surface area contributed by atoms with Gasteiger partial charge in [-0.1, -0.05) is 6.42 Å². The van der Waals surface area contributed by atoms with Crippen LogP contribution in [-0.2, 0) is 4.79 Å². The third-order valence-electron chi connectivity index (χ3n) is 6.63. The van der Waals surface area contributed by atoms with Crippen LogP contribution in [0.15, 0.2) is 18.3 Å². The molecule has 3 aliphatic rings. The van der Waals surface area contributed by atoms with E-state index >= 15 is 0 Å². The number of nitrogens with one attached hydrogen (secondary N) is 1. The highest BCUT2D eigenvalue weighted by Gasteiger charge is 2.40. The van der Waals surface area contributed by atoms with Crippen molar-refractivity contribution < 1.29 is 4.79 Å². The molecule has 0 spiro atoms. The van der Waals surface area contributed by atoms with Crippen LogP contribution in [0.5, 0.6) is 0 Å². The number of fused-ring (bicyclic) bond motifs is 2. The van der Waals surface area contributed by atoms with Crippen molar-refractivity contribution in [1.29, 1.82) is 0 Å². The minimum absolute atomic E-state index is 0. The predicted molar refractivity (Wildman–Crippen MR) is 111 cm³/mol. The molecule has 150 valence electrons. The summed E-state index contributed by atoms with van der Waals surface area (Å²) in [5.74, 6) is 2.28. The molecule has 2 saturated carbocycles. The highest BCUT2D eigenvalue weighted by molar-refractivity contribution is 5.92. The zero-order valence-corrected chi connectivity index (χ0v) is 17.0. The molecular formula is C20H32ClN5O. The van der Waals surface area contributed by atoms with E-state index in [1.807, 2.05) is 12.1 Å². The summed E-state index contributed by atoms with van der Waals surface area (Å²) >= 11 is 0. The summed E-state index contributed by atoms with van der Waals surface area (Å²) in [6.07, 6.45) is 7.31. The van der Waals surface area contributed by atoms with E-state index in [2.05, 4.69) is 27.1 Å². The first-order valence-electron chi connectivity index (χ1n) is 10.1. The maximum absolute atomic E-state index is 12.7. The van der Waals surface area contributed by atoms with Gasteiger partial charge in [-0.25, -0.2) is 4.98 Å². The first-order chi connectivity index (χ1) is 12.6. The first kappa shape index (κ1) is 20.4. The molecule has 7 heteroatoms. The van der Waals surface area contributed by atoms with Gasteiger partial charge in [-0.2, -0.15) is 0 Å². The van der Waals surface area contributed by atoms with E-state index in [-0.39, 0.29) is 24.2 Å². The predicted octanol–water partition coefficient (Wildman–Crippen LogP) is 2.35. The summed E-state index contributed by atoms with van der Waals surface area (Å²) in [4.78, 5) is 21.9. The molecular weight excluding hydrogens is 362 g/mol. The summed E-state index contributed by atoms with van der Waals surface area (Å²) in [6.45, 7) is 4.12. The van der Waals surface area contributed by atoms with Gasteiger partial charge < -0.3 is 20.9 Å². The van der Waals surface area contributed by atoms with Crippen LogP contribution >= 0.6 is 12.4 Å². The maximum atomic E-state index is 12.7. The SMILES string of the molecule is CN1CCN(c2ccc(NC(=O)C3CC4CCCC(C3)C4N)cn2)CC1.Cl. The molecule has 4 rings (SSSR count). The lowest BCUT2D eigenvalue weighted by atomic mass is 9.65. The van der Waals surface area contributed by atoms with Crippen molar-refractivity contribution in [2.24, 2.45) is 23.5 Å². The largest absolute Gasteiger partial charge is 0.354 e. The van der Waals surface area contributed by atoms with Crippen LogP contribution < -0.4 is 16.0 Å². The summed E-state index contributed by atoms with van der Waals surface area (Å²) < 4.78 is 0. The summed E-state index contributed by atoms with van der Waals surface area (Å²) in [5, 5.41) is 3.08. The Bertz CT molecular complexity index is 618. The monoisotopic (exact) mass is 393 g/mol. The van der Waals surface area contributed by atoms with Crippen molar-refractivity contribution in [3.63, 3.8) is 0 Å². The Morgan fingerprint density at radius 1 is 1.15 bits per heavy atom. The summed E-state index contributed by atoms with van der Waals surface area (Å²) in [6, 6.07) is 4.30. The maximum Gasteiger partial charge on any atom is 0.227 e. The van der Waals surface area contributed by atoms with Crippen molar-refractivity contribution in [2.75, 3.05) is 43.4 Å². The van der Waals surface area contributed by atoms with E-state index in [0.29, 0.717) is 17.9 Å². The number of anilines is 2. The highest BCUT2D eigenvalue weighted by atomic mass is 35.5. The van der Waals surface area contributed by atoms with Crippen molar-refractivity contribution in [1.82, 2.24) is 9.88 Å². The lowest BCUT2D eigenvalue weighted by Crippen LogP contribution is -2.48. The number of hydrogen-bond acceptors (Lipinski definition) is 5. The van der Waals surface area contributed by atoms with Crippen LogP contribution in [0.2, 0.25) is 0 Å². The van der Waals surface area contributed by atoms with Gasteiger partial charge in [0.2, 0.25) is 5.91 Å². The Morgan fingerprint density at radius 3 is 2.41 bits per heavy atom. The second kappa shape index (κ2) is 8.76. The van der Waals surface area contributed by atoms with Crippen LogP contribution in [0.25, 0.3) is 0 Å². The Balaban J connectivity index is 0.00000210. The van der Waals surface area contributed by atoms with Gasteiger partial charge >= 0.3 is 0 Å². The summed E-state index contributed by atoms with van der Waals surface area (Å²) in [7, 11) is 2.15. The van der Waals surface area contributed by atoms with E-state index < -0.39 is 0 Å². The Labute approximate surface area is 168 Å². The van der Waals surface area contributed by atoms with Crippen molar-refractivity contribution in [3.05, 3.63) is 18.3 Å². The third kappa shape index (κ3) is 4.55. The van der Waals surface area contributed by atoms with Gasteiger partial charge in [0, 0.05) is 38.1 Å². The zero-order valence-electron chi connectivity index (χ0n) is 16.1. The quantitative estimate of drug-likeness (QED) is 0.824. The minimum Gasteiger partial charge on any atom is -0.354 e. The topological polar surface area (TPSA) is 74.5 Å².